The standard InChI is InChI=1S/C21H28O3/c1-12(22)15-11-13-10-14(23)6-8-20(13,2)17-7-9-21(3)16(19(15)17)4-5-18(21)24/h7,11,14-16,19,23H,4-6,8-10H2,1-3H3/t14-,15-,16?,19-,20-,21-/m0/s1. The second-order valence-corrected chi connectivity index (χ2v) is 8.93. The zero-order chi connectivity index (χ0) is 17.3. The van der Waals surface area contributed by atoms with Crippen LogP contribution in [0.15, 0.2) is 23.3 Å². The van der Waals surface area contributed by atoms with E-state index in [1.165, 1.54) is 11.1 Å². The van der Waals surface area contributed by atoms with Gasteiger partial charge in [0.25, 0.3) is 0 Å². The van der Waals surface area contributed by atoms with E-state index in [1.54, 1.807) is 6.92 Å². The number of hydrogen-bond donors (Lipinski definition) is 1. The van der Waals surface area contributed by atoms with Crippen LogP contribution >= 0.6 is 0 Å². The number of rotatable bonds is 1. The predicted octanol–water partition coefficient (Wildman–Crippen LogP) is 3.61. The molecule has 24 heavy (non-hydrogen) atoms. The lowest BCUT2D eigenvalue weighted by Crippen LogP contribution is -2.48. The maximum absolute atomic E-state index is 12.5. The van der Waals surface area contributed by atoms with Crippen LogP contribution in [0, 0.1) is 28.6 Å². The summed E-state index contributed by atoms with van der Waals surface area (Å²) in [5.41, 5.74) is 2.33. The Morgan fingerprint density at radius 1 is 1.29 bits per heavy atom. The molecule has 4 rings (SSSR count). The number of fused-ring (bicyclic) bond motifs is 5. The highest BCUT2D eigenvalue weighted by atomic mass is 16.3. The van der Waals surface area contributed by atoms with Gasteiger partial charge in [0.2, 0.25) is 0 Å². The third-order valence-corrected chi connectivity index (χ3v) is 7.69. The predicted molar refractivity (Wildman–Crippen MR) is 92.2 cm³/mol. The lowest BCUT2D eigenvalue weighted by atomic mass is 9.50. The van der Waals surface area contributed by atoms with E-state index in [2.05, 4.69) is 26.0 Å². The van der Waals surface area contributed by atoms with Gasteiger partial charge >= 0.3 is 0 Å². The second kappa shape index (κ2) is 5.14. The van der Waals surface area contributed by atoms with Crippen molar-refractivity contribution in [1.82, 2.24) is 0 Å². The summed E-state index contributed by atoms with van der Waals surface area (Å²) in [4.78, 5) is 25.0. The van der Waals surface area contributed by atoms with E-state index in [0.717, 1.165) is 25.7 Å². The fourth-order valence-electron chi connectivity index (χ4n) is 6.12. The molecule has 1 unspecified atom stereocenters. The Balaban J connectivity index is 1.86. The van der Waals surface area contributed by atoms with E-state index in [1.807, 2.05) is 0 Å². The highest BCUT2D eigenvalue weighted by molar-refractivity contribution is 5.88. The van der Waals surface area contributed by atoms with Crippen LogP contribution in [-0.4, -0.2) is 22.8 Å². The van der Waals surface area contributed by atoms with Crippen molar-refractivity contribution in [3.63, 3.8) is 0 Å². The van der Waals surface area contributed by atoms with Crippen molar-refractivity contribution < 1.29 is 14.7 Å². The van der Waals surface area contributed by atoms with Crippen LogP contribution in [0.1, 0.15) is 59.3 Å². The Morgan fingerprint density at radius 3 is 2.75 bits per heavy atom. The van der Waals surface area contributed by atoms with Crippen molar-refractivity contribution in [2.24, 2.45) is 28.6 Å². The van der Waals surface area contributed by atoms with Crippen molar-refractivity contribution in [1.29, 1.82) is 0 Å². The van der Waals surface area contributed by atoms with E-state index in [-0.39, 0.29) is 34.6 Å². The van der Waals surface area contributed by atoms with Gasteiger partial charge < -0.3 is 5.11 Å². The molecule has 4 aliphatic carbocycles. The zero-order valence-electron chi connectivity index (χ0n) is 15.0. The van der Waals surface area contributed by atoms with Gasteiger partial charge in [0.15, 0.2) is 0 Å². The van der Waals surface area contributed by atoms with Gasteiger partial charge in [0.05, 0.1) is 6.10 Å². The molecule has 3 heteroatoms. The fourth-order valence-corrected chi connectivity index (χ4v) is 6.12. The average molecular weight is 328 g/mol. The Kier molecular flexibility index (Phi) is 3.48. The SMILES string of the molecule is CC(=O)[C@@H]1C=C2C[C@@H](O)CC[C@]2(C)C2=CC[C@]3(C)C(=O)CCC3[C@@H]21. The number of carbonyl (C=O) groups is 2. The topological polar surface area (TPSA) is 54.4 Å². The maximum Gasteiger partial charge on any atom is 0.139 e. The summed E-state index contributed by atoms with van der Waals surface area (Å²) in [6.07, 6.45) is 9.04. The summed E-state index contributed by atoms with van der Waals surface area (Å²) < 4.78 is 0. The first kappa shape index (κ1) is 16.3. The molecule has 2 fully saturated rings. The molecule has 0 heterocycles. The monoisotopic (exact) mass is 328 g/mol. The van der Waals surface area contributed by atoms with Crippen LogP contribution in [-0.2, 0) is 9.59 Å². The van der Waals surface area contributed by atoms with Crippen LogP contribution < -0.4 is 0 Å². The molecule has 0 bridgehead atoms. The fraction of sp³-hybridized carbons (Fsp3) is 0.714. The molecule has 3 nitrogen and oxygen atoms in total. The lowest BCUT2D eigenvalue weighted by Gasteiger charge is -2.54. The Labute approximate surface area is 144 Å². The first-order valence-electron chi connectivity index (χ1n) is 9.41. The van der Waals surface area contributed by atoms with Crippen molar-refractivity contribution >= 4 is 11.6 Å². The van der Waals surface area contributed by atoms with Gasteiger partial charge in [0.1, 0.15) is 11.6 Å². The number of ketones is 2. The van der Waals surface area contributed by atoms with Gasteiger partial charge in [0, 0.05) is 23.2 Å². The first-order valence-corrected chi connectivity index (χ1v) is 9.41. The Morgan fingerprint density at radius 2 is 2.04 bits per heavy atom. The molecule has 0 aromatic heterocycles. The number of aliphatic hydroxyl groups excluding tert-OH is 1. The first-order chi connectivity index (χ1) is 11.3. The summed E-state index contributed by atoms with van der Waals surface area (Å²) >= 11 is 0. The number of carbonyl (C=O) groups excluding carboxylic acids is 2. The van der Waals surface area contributed by atoms with Crippen LogP contribution in [0.25, 0.3) is 0 Å². The third kappa shape index (κ3) is 2.00. The molecule has 1 N–H and O–H groups in total. The minimum absolute atomic E-state index is 0.0250. The highest BCUT2D eigenvalue weighted by Gasteiger charge is 2.58. The van der Waals surface area contributed by atoms with Gasteiger partial charge in [-0.15, -0.1) is 0 Å². The minimum Gasteiger partial charge on any atom is -0.393 e. The van der Waals surface area contributed by atoms with Crippen molar-refractivity contribution in [2.75, 3.05) is 0 Å². The van der Waals surface area contributed by atoms with Gasteiger partial charge in [-0.3, -0.25) is 9.59 Å². The van der Waals surface area contributed by atoms with E-state index < -0.39 is 0 Å². The minimum atomic E-state index is -0.281. The molecule has 0 aliphatic heterocycles. The normalized spacial score (nSPS) is 47.2. The lowest BCUT2D eigenvalue weighted by molar-refractivity contribution is -0.129. The van der Waals surface area contributed by atoms with Crippen LogP contribution in [0.4, 0.5) is 0 Å². The van der Waals surface area contributed by atoms with Crippen molar-refractivity contribution in [3.05, 3.63) is 23.3 Å². The molecule has 0 saturated heterocycles. The van der Waals surface area contributed by atoms with Crippen LogP contribution in [0.5, 0.6) is 0 Å². The molecule has 2 saturated carbocycles. The van der Waals surface area contributed by atoms with Gasteiger partial charge in [-0.25, -0.2) is 0 Å². The summed E-state index contributed by atoms with van der Waals surface area (Å²) in [6.45, 7) is 6.09. The van der Waals surface area contributed by atoms with E-state index in [9.17, 15) is 14.7 Å². The molecule has 0 aromatic rings. The quantitative estimate of drug-likeness (QED) is 0.748. The summed E-state index contributed by atoms with van der Waals surface area (Å²) in [5, 5.41) is 10.1. The molecular weight excluding hydrogens is 300 g/mol. The maximum atomic E-state index is 12.5. The van der Waals surface area contributed by atoms with E-state index in [0.29, 0.717) is 24.5 Å². The Hall–Kier alpha value is -1.22. The second-order valence-electron chi connectivity index (χ2n) is 8.93. The Bertz CT molecular complexity index is 673. The molecule has 0 spiro atoms. The molecule has 0 radical (unpaired) electrons. The smallest absolute Gasteiger partial charge is 0.139 e. The third-order valence-electron chi connectivity index (χ3n) is 7.69. The van der Waals surface area contributed by atoms with E-state index >= 15 is 0 Å². The zero-order valence-corrected chi connectivity index (χ0v) is 15.0. The number of aliphatic hydroxyl groups is 1. The molecule has 0 amide bonds. The molecule has 0 aromatic carbocycles. The van der Waals surface area contributed by atoms with E-state index in [4.69, 9.17) is 0 Å². The molecule has 6 atom stereocenters. The molecular formula is C21H28O3. The number of Topliss-reactive ketones (excluding diaryl/α,β-unsaturated/α-hetero) is 2. The van der Waals surface area contributed by atoms with Crippen molar-refractivity contribution in [3.8, 4) is 0 Å². The van der Waals surface area contributed by atoms with Gasteiger partial charge in [-0.05, 0) is 50.9 Å². The highest BCUT2D eigenvalue weighted by Crippen LogP contribution is 2.63. The molecule has 4 aliphatic rings. The summed E-state index contributed by atoms with van der Waals surface area (Å²) in [7, 11) is 0. The summed E-state index contributed by atoms with van der Waals surface area (Å²) in [5.74, 6) is 0.922. The summed E-state index contributed by atoms with van der Waals surface area (Å²) in [6, 6.07) is 0. The number of allylic oxidation sites excluding steroid dienone is 3. The van der Waals surface area contributed by atoms with Crippen LogP contribution in [0.3, 0.4) is 0 Å². The molecule has 130 valence electrons. The van der Waals surface area contributed by atoms with Crippen molar-refractivity contribution in [2.45, 2.75) is 65.4 Å². The van der Waals surface area contributed by atoms with Gasteiger partial charge in [-0.1, -0.05) is 37.1 Å². The van der Waals surface area contributed by atoms with Crippen LogP contribution in [0.2, 0.25) is 0 Å². The van der Waals surface area contributed by atoms with Gasteiger partial charge in [-0.2, -0.15) is 0 Å². The average Bonchev–Trinajstić information content (AvgIpc) is 2.83. The number of hydrogen-bond acceptors (Lipinski definition) is 3. The largest absolute Gasteiger partial charge is 0.393 e.